The number of aryl methyl sites for hydroxylation is 1. The zero-order valence-corrected chi connectivity index (χ0v) is 15.4. The van der Waals surface area contributed by atoms with Crippen LogP contribution in [0.2, 0.25) is 0 Å². The average molecular weight is 377 g/mol. The van der Waals surface area contributed by atoms with Crippen molar-refractivity contribution in [2.75, 3.05) is 12.3 Å². The number of rotatable bonds is 7. The molecule has 1 N–H and O–H groups in total. The van der Waals surface area contributed by atoms with Crippen molar-refractivity contribution in [1.82, 2.24) is 14.5 Å². The molecule has 26 heavy (non-hydrogen) atoms. The third kappa shape index (κ3) is 5.45. The number of benzene rings is 1. The lowest BCUT2D eigenvalue weighted by atomic mass is 10.3. The fourth-order valence-electron chi connectivity index (χ4n) is 2.18. The molecule has 0 aliphatic rings. The number of hydrogen-bond acceptors (Lipinski definition) is 4. The molecular formula is C18H20FN3O3S. The smallest absolute Gasteiger partial charge is 0.330 e. The number of amides is 1. The van der Waals surface area contributed by atoms with Crippen LogP contribution in [0.15, 0.2) is 51.0 Å². The summed E-state index contributed by atoms with van der Waals surface area (Å²) in [5.41, 5.74) is -0.611. The number of hydrogen-bond donors (Lipinski definition) is 1. The second-order valence-corrected chi connectivity index (χ2v) is 6.79. The van der Waals surface area contributed by atoms with Crippen LogP contribution in [-0.2, 0) is 18.9 Å². The number of carbonyl (C=O) groups excluding carboxylic acids is 1. The highest BCUT2D eigenvalue weighted by Gasteiger charge is 2.04. The number of nitrogens with zero attached hydrogens (tertiary/aromatic N) is 2. The quantitative estimate of drug-likeness (QED) is 0.451. The fraction of sp³-hybridized carbons (Fsp3) is 0.278. The van der Waals surface area contributed by atoms with Crippen LogP contribution in [0.5, 0.6) is 0 Å². The molecule has 0 radical (unpaired) electrons. The molecule has 2 rings (SSSR count). The molecular weight excluding hydrogens is 357 g/mol. The number of nitrogens with one attached hydrogen (secondary N) is 1. The maximum atomic E-state index is 12.8. The summed E-state index contributed by atoms with van der Waals surface area (Å²) in [6.45, 7) is 0.489. The minimum Gasteiger partial charge on any atom is -0.353 e. The summed E-state index contributed by atoms with van der Waals surface area (Å²) in [6, 6.07) is 6.27. The standard InChI is InChI=1S/C18H20FN3O3S/c1-21-12-13(17(24)22(2)18(21)25)4-9-16(23)20-10-3-11-26-15-7-5-14(19)6-8-15/h4-9,12H,3,10-11H2,1-2H3,(H,20,23)/b9-4+. The largest absolute Gasteiger partial charge is 0.353 e. The van der Waals surface area contributed by atoms with Crippen molar-refractivity contribution >= 4 is 23.7 Å². The van der Waals surface area contributed by atoms with Gasteiger partial charge >= 0.3 is 5.69 Å². The molecule has 8 heteroatoms. The Morgan fingerprint density at radius 2 is 1.92 bits per heavy atom. The van der Waals surface area contributed by atoms with Crippen LogP contribution in [0.25, 0.3) is 6.08 Å². The van der Waals surface area contributed by atoms with Gasteiger partial charge < -0.3 is 9.88 Å². The van der Waals surface area contributed by atoms with Crippen LogP contribution in [0.1, 0.15) is 12.0 Å². The monoisotopic (exact) mass is 377 g/mol. The summed E-state index contributed by atoms with van der Waals surface area (Å²) in [6.07, 6.45) is 4.82. The molecule has 0 fully saturated rings. The lowest BCUT2D eigenvalue weighted by Gasteiger charge is -2.04. The molecule has 138 valence electrons. The van der Waals surface area contributed by atoms with Crippen molar-refractivity contribution in [1.29, 1.82) is 0 Å². The van der Waals surface area contributed by atoms with Gasteiger partial charge in [0.15, 0.2) is 0 Å². The van der Waals surface area contributed by atoms with Crippen LogP contribution >= 0.6 is 11.8 Å². The molecule has 0 aliphatic heterocycles. The molecule has 1 aromatic heterocycles. The average Bonchev–Trinajstić information content (AvgIpc) is 2.63. The van der Waals surface area contributed by atoms with Crippen molar-refractivity contribution in [2.45, 2.75) is 11.3 Å². The Balaban J connectivity index is 1.78. The summed E-state index contributed by atoms with van der Waals surface area (Å²) in [5.74, 6) is 0.214. The number of thioether (sulfide) groups is 1. The molecule has 0 atom stereocenters. The maximum Gasteiger partial charge on any atom is 0.330 e. The summed E-state index contributed by atoms with van der Waals surface area (Å²) in [7, 11) is 2.93. The van der Waals surface area contributed by atoms with Crippen molar-refractivity contribution in [3.8, 4) is 0 Å². The minimum absolute atomic E-state index is 0.261. The SMILES string of the molecule is Cn1cc(/C=C/C(=O)NCCCSc2ccc(F)cc2)c(=O)n(C)c1=O. The highest BCUT2D eigenvalue weighted by Crippen LogP contribution is 2.18. The number of carbonyl (C=O) groups is 1. The molecule has 2 aromatic rings. The van der Waals surface area contributed by atoms with E-state index < -0.39 is 11.2 Å². The summed E-state index contributed by atoms with van der Waals surface area (Å²) < 4.78 is 15.1. The lowest BCUT2D eigenvalue weighted by Crippen LogP contribution is -2.37. The summed E-state index contributed by atoms with van der Waals surface area (Å²) >= 11 is 1.59. The van der Waals surface area contributed by atoms with Crippen molar-refractivity contribution in [3.63, 3.8) is 0 Å². The molecule has 0 aliphatic carbocycles. The van der Waals surface area contributed by atoms with E-state index in [-0.39, 0.29) is 17.3 Å². The van der Waals surface area contributed by atoms with Crippen molar-refractivity contribution in [3.05, 3.63) is 68.8 Å². The molecule has 6 nitrogen and oxygen atoms in total. The van der Waals surface area contributed by atoms with Crippen molar-refractivity contribution < 1.29 is 9.18 Å². The first-order valence-corrected chi connectivity index (χ1v) is 8.98. The van der Waals surface area contributed by atoms with Gasteiger partial charge in [-0.2, -0.15) is 0 Å². The Labute approximate surface area is 154 Å². The van der Waals surface area contributed by atoms with Gasteiger partial charge in [0.1, 0.15) is 5.82 Å². The first kappa shape index (κ1) is 19.7. The van der Waals surface area contributed by atoms with Gasteiger partial charge in [-0.05, 0) is 42.5 Å². The molecule has 0 saturated carbocycles. The third-order valence-electron chi connectivity index (χ3n) is 3.59. The summed E-state index contributed by atoms with van der Waals surface area (Å²) in [5, 5.41) is 2.73. The molecule has 0 saturated heterocycles. The van der Waals surface area contributed by atoms with Gasteiger partial charge in [-0.15, -0.1) is 11.8 Å². The second-order valence-electron chi connectivity index (χ2n) is 5.62. The van der Waals surface area contributed by atoms with E-state index in [9.17, 15) is 18.8 Å². The third-order valence-corrected chi connectivity index (χ3v) is 4.69. The van der Waals surface area contributed by atoms with E-state index in [1.165, 1.54) is 49.1 Å². The number of aromatic nitrogens is 2. The first-order chi connectivity index (χ1) is 12.4. The van der Waals surface area contributed by atoms with Crippen LogP contribution in [0, 0.1) is 5.82 Å². The van der Waals surface area contributed by atoms with Crippen LogP contribution < -0.4 is 16.6 Å². The van der Waals surface area contributed by atoms with Gasteiger partial charge in [0, 0.05) is 37.8 Å². The van der Waals surface area contributed by atoms with E-state index in [1.807, 2.05) is 0 Å². The van der Waals surface area contributed by atoms with Crippen LogP contribution in [0.3, 0.4) is 0 Å². The molecule has 0 unspecified atom stereocenters. The Kier molecular flexibility index (Phi) is 6.97. The van der Waals surface area contributed by atoms with E-state index in [1.54, 1.807) is 23.9 Å². The van der Waals surface area contributed by atoms with Gasteiger partial charge in [-0.3, -0.25) is 14.2 Å². The van der Waals surface area contributed by atoms with Gasteiger partial charge in [0.05, 0.1) is 5.56 Å². The fourth-order valence-corrected chi connectivity index (χ4v) is 3.03. The summed E-state index contributed by atoms with van der Waals surface area (Å²) in [4.78, 5) is 36.3. The van der Waals surface area contributed by atoms with E-state index in [2.05, 4.69) is 5.32 Å². The van der Waals surface area contributed by atoms with E-state index in [0.29, 0.717) is 6.54 Å². The second kappa shape index (κ2) is 9.19. The van der Waals surface area contributed by atoms with Gasteiger partial charge in [0.2, 0.25) is 5.91 Å². The Hall–Kier alpha value is -2.61. The molecule has 1 amide bonds. The Morgan fingerprint density at radius 3 is 2.62 bits per heavy atom. The minimum atomic E-state index is -0.451. The highest BCUT2D eigenvalue weighted by molar-refractivity contribution is 7.99. The Bertz CT molecular complexity index is 917. The highest BCUT2D eigenvalue weighted by atomic mass is 32.2. The molecule has 1 heterocycles. The first-order valence-electron chi connectivity index (χ1n) is 7.99. The van der Waals surface area contributed by atoms with E-state index >= 15 is 0 Å². The van der Waals surface area contributed by atoms with Gasteiger partial charge in [-0.25, -0.2) is 9.18 Å². The van der Waals surface area contributed by atoms with E-state index in [4.69, 9.17) is 0 Å². The lowest BCUT2D eigenvalue weighted by molar-refractivity contribution is -0.116. The van der Waals surface area contributed by atoms with E-state index in [0.717, 1.165) is 21.6 Å². The molecule has 0 spiro atoms. The molecule has 1 aromatic carbocycles. The predicted molar refractivity (Wildman–Crippen MR) is 101 cm³/mol. The normalized spacial score (nSPS) is 11.0. The topological polar surface area (TPSA) is 73.1 Å². The number of halogens is 1. The molecule has 0 bridgehead atoms. The van der Waals surface area contributed by atoms with Crippen LogP contribution in [0.4, 0.5) is 4.39 Å². The van der Waals surface area contributed by atoms with Crippen molar-refractivity contribution in [2.24, 2.45) is 14.1 Å². The predicted octanol–water partition coefficient (Wildman–Crippen LogP) is 1.53. The maximum absolute atomic E-state index is 12.8. The zero-order chi connectivity index (χ0) is 19.1. The van der Waals surface area contributed by atoms with Gasteiger partial charge in [0.25, 0.3) is 5.56 Å². The van der Waals surface area contributed by atoms with Crippen LogP contribution in [-0.4, -0.2) is 27.3 Å². The zero-order valence-electron chi connectivity index (χ0n) is 14.6. The Morgan fingerprint density at radius 1 is 1.23 bits per heavy atom. The van der Waals surface area contributed by atoms with Gasteiger partial charge in [-0.1, -0.05) is 0 Å².